The van der Waals surface area contributed by atoms with Crippen LogP contribution >= 0.6 is 0 Å². The van der Waals surface area contributed by atoms with Gasteiger partial charge in [-0.05, 0) is 26.0 Å². The number of aliphatic hydroxyl groups is 2. The number of urea groups is 2. The summed E-state index contributed by atoms with van der Waals surface area (Å²) in [6.45, 7) is 8.80. The van der Waals surface area contributed by atoms with Crippen LogP contribution < -0.4 is 34.6 Å². The number of aliphatic hydroxyl groups excluding tert-OH is 2. The molecule has 2 rings (SSSR count). The number of likely N-dealkylation sites (N-methyl/N-ethyl adjacent to an activating group) is 2. The normalized spacial score (nSPS) is 27.0. The lowest BCUT2D eigenvalue weighted by atomic mass is 10.2. The van der Waals surface area contributed by atoms with Gasteiger partial charge in [-0.15, -0.1) is 0 Å². The number of rotatable bonds is 4. The van der Waals surface area contributed by atoms with Crippen molar-refractivity contribution in [3.8, 4) is 0 Å². The fourth-order valence-corrected chi connectivity index (χ4v) is 3.11. The molecule has 0 radical (unpaired) electrons. The number of hydrogen-bond donors (Lipinski definition) is 4. The van der Waals surface area contributed by atoms with Crippen LogP contribution in [-0.2, 0) is 0 Å². The molecule has 0 fully saturated rings. The standard InChI is InChI=1S/2C9H16N2O2.2ClH/c2*1-7-6-8(2)11(4-5-12)9(13)10(7)3;;/h2*6-7,12H,4-5H2,1-3H3;2*1H. The number of quaternary nitrogens is 2. The third kappa shape index (κ3) is 7.02. The van der Waals surface area contributed by atoms with Crippen LogP contribution in [0.3, 0.4) is 0 Å². The number of allylic oxidation sites excluding steroid dienone is 2. The van der Waals surface area contributed by atoms with E-state index in [1.54, 1.807) is 23.9 Å². The van der Waals surface area contributed by atoms with Crippen LogP contribution in [0.1, 0.15) is 27.7 Å². The van der Waals surface area contributed by atoms with E-state index in [1.807, 2.05) is 39.8 Å². The molecule has 0 aromatic rings. The Labute approximate surface area is 180 Å². The number of carbonyl (C=O) groups excluding carboxylic acids is 2. The summed E-state index contributed by atoms with van der Waals surface area (Å²) in [6, 6.07) is 0.410. The van der Waals surface area contributed by atoms with Crippen LogP contribution in [0, 0.1) is 0 Å². The highest BCUT2D eigenvalue weighted by Crippen LogP contribution is 2.04. The van der Waals surface area contributed by atoms with E-state index in [2.05, 4.69) is 0 Å². The van der Waals surface area contributed by atoms with Crippen molar-refractivity contribution in [2.45, 2.75) is 39.8 Å². The van der Waals surface area contributed by atoms with E-state index in [0.29, 0.717) is 13.1 Å². The molecule has 0 spiro atoms. The van der Waals surface area contributed by atoms with Gasteiger partial charge in [0.15, 0.2) is 0 Å². The number of nitrogens with zero attached hydrogens (tertiary/aromatic N) is 2. The number of amides is 4. The van der Waals surface area contributed by atoms with E-state index in [9.17, 15) is 9.59 Å². The van der Waals surface area contributed by atoms with Crippen LogP contribution in [0.4, 0.5) is 9.59 Å². The zero-order valence-electron chi connectivity index (χ0n) is 17.5. The minimum Gasteiger partial charge on any atom is -1.00 e. The van der Waals surface area contributed by atoms with E-state index >= 15 is 0 Å². The van der Waals surface area contributed by atoms with Crippen molar-refractivity contribution in [1.82, 2.24) is 9.80 Å². The first-order chi connectivity index (χ1) is 12.1. The summed E-state index contributed by atoms with van der Waals surface area (Å²) >= 11 is 0. The van der Waals surface area contributed by atoms with E-state index in [-0.39, 0.29) is 62.2 Å². The summed E-state index contributed by atoms with van der Waals surface area (Å²) in [5, 5.41) is 17.6. The van der Waals surface area contributed by atoms with Gasteiger partial charge >= 0.3 is 12.1 Å². The van der Waals surface area contributed by atoms with Crippen LogP contribution in [0.2, 0.25) is 0 Å². The Bertz CT molecular complexity index is 536. The largest absolute Gasteiger partial charge is 1.00 e. The second kappa shape index (κ2) is 13.1. The fourth-order valence-electron chi connectivity index (χ4n) is 3.11. The molecule has 2 aliphatic heterocycles. The third-order valence-electron chi connectivity index (χ3n) is 5.04. The lowest BCUT2D eigenvalue weighted by Crippen LogP contribution is -3.15. The van der Waals surface area contributed by atoms with Crippen LogP contribution in [-0.4, -0.2) is 84.6 Å². The first-order valence-electron chi connectivity index (χ1n) is 9.00. The van der Waals surface area contributed by atoms with Crippen molar-refractivity contribution in [2.24, 2.45) is 0 Å². The zero-order chi connectivity index (χ0) is 20.0. The van der Waals surface area contributed by atoms with Crippen molar-refractivity contribution in [1.29, 1.82) is 0 Å². The summed E-state index contributed by atoms with van der Waals surface area (Å²) in [4.78, 5) is 28.2. The molecule has 2 aliphatic rings. The molecule has 10 heteroatoms. The third-order valence-corrected chi connectivity index (χ3v) is 5.04. The molecular formula is C18H34Cl2N4O4. The number of carbonyl (C=O) groups is 2. The molecular weight excluding hydrogens is 407 g/mol. The van der Waals surface area contributed by atoms with Crippen molar-refractivity contribution >= 4 is 12.1 Å². The van der Waals surface area contributed by atoms with Crippen molar-refractivity contribution in [3.05, 3.63) is 23.5 Å². The van der Waals surface area contributed by atoms with Crippen LogP contribution in [0.25, 0.3) is 0 Å². The molecule has 4 unspecified atom stereocenters. The molecule has 2 heterocycles. The van der Waals surface area contributed by atoms with Crippen molar-refractivity contribution in [2.75, 3.05) is 40.4 Å². The first kappa shape index (κ1) is 29.0. The van der Waals surface area contributed by atoms with Gasteiger partial charge in [0.2, 0.25) is 0 Å². The Balaban J connectivity index is 0. The Hall–Kier alpha value is -1.16. The molecule has 8 nitrogen and oxygen atoms in total. The van der Waals surface area contributed by atoms with Gasteiger partial charge in [0.05, 0.1) is 25.3 Å². The quantitative estimate of drug-likeness (QED) is 0.349. The van der Waals surface area contributed by atoms with Gasteiger partial charge in [0.25, 0.3) is 0 Å². The maximum Gasteiger partial charge on any atom is 0.422 e. The number of hydrogen-bond acceptors (Lipinski definition) is 4. The molecule has 164 valence electrons. The predicted octanol–water partition coefficient (Wildman–Crippen LogP) is -7.55. The summed E-state index contributed by atoms with van der Waals surface area (Å²) in [5.74, 6) is 0. The maximum atomic E-state index is 11.7. The van der Waals surface area contributed by atoms with Crippen molar-refractivity contribution < 1.29 is 54.4 Å². The molecule has 4 atom stereocenters. The molecule has 0 aromatic heterocycles. The Morgan fingerprint density at radius 3 is 1.36 bits per heavy atom. The smallest absolute Gasteiger partial charge is 0.422 e. The van der Waals surface area contributed by atoms with Gasteiger partial charge in [-0.3, -0.25) is 9.80 Å². The zero-order valence-corrected chi connectivity index (χ0v) is 19.0. The van der Waals surface area contributed by atoms with E-state index in [4.69, 9.17) is 10.2 Å². The average Bonchev–Trinajstić information content (AvgIpc) is 2.59. The van der Waals surface area contributed by atoms with Crippen molar-refractivity contribution in [3.63, 3.8) is 0 Å². The Kier molecular flexibility index (Phi) is 13.6. The number of nitrogens with one attached hydrogen (secondary N) is 2. The van der Waals surface area contributed by atoms with Gasteiger partial charge in [-0.2, -0.15) is 0 Å². The van der Waals surface area contributed by atoms with Gasteiger partial charge in [-0.1, -0.05) is 0 Å². The average molecular weight is 441 g/mol. The first-order valence-corrected chi connectivity index (χ1v) is 9.00. The molecule has 28 heavy (non-hydrogen) atoms. The topological polar surface area (TPSA) is 90.0 Å². The summed E-state index contributed by atoms with van der Waals surface area (Å²) in [6.07, 6.45) is 4.10. The Morgan fingerprint density at radius 1 is 0.821 bits per heavy atom. The summed E-state index contributed by atoms with van der Waals surface area (Å²) in [5.41, 5.74) is 2.01. The second-order valence-corrected chi connectivity index (χ2v) is 6.92. The Morgan fingerprint density at radius 2 is 1.11 bits per heavy atom. The molecule has 4 amide bonds. The lowest BCUT2D eigenvalue weighted by Gasteiger charge is -2.30. The highest BCUT2D eigenvalue weighted by molar-refractivity contribution is 5.67. The van der Waals surface area contributed by atoms with E-state index in [1.165, 1.54) is 0 Å². The molecule has 4 N–H and O–H groups in total. The number of halogens is 2. The molecule has 0 aliphatic carbocycles. The molecule has 0 saturated heterocycles. The van der Waals surface area contributed by atoms with Gasteiger partial charge in [0, 0.05) is 27.9 Å². The maximum absolute atomic E-state index is 11.7. The van der Waals surface area contributed by atoms with Gasteiger partial charge in [-0.25, -0.2) is 19.4 Å². The molecule has 0 bridgehead atoms. The van der Waals surface area contributed by atoms with Crippen LogP contribution in [0.5, 0.6) is 0 Å². The molecule has 0 aromatic carbocycles. The lowest BCUT2D eigenvalue weighted by molar-refractivity contribution is -0.781. The summed E-state index contributed by atoms with van der Waals surface area (Å²) in [7, 11) is 3.57. The highest BCUT2D eigenvalue weighted by Gasteiger charge is 2.33. The minimum absolute atomic E-state index is 0. The van der Waals surface area contributed by atoms with Crippen LogP contribution in [0.15, 0.2) is 23.5 Å². The van der Waals surface area contributed by atoms with Gasteiger partial charge in [0.1, 0.15) is 24.5 Å². The monoisotopic (exact) mass is 440 g/mol. The predicted molar refractivity (Wildman–Crippen MR) is 98.6 cm³/mol. The SMILES string of the molecule is CC1=CC(C)N(C)C(=O)[NH+]1CCO.CC1=CC(C)N(C)C(=O)[NH+]1CCO.[Cl-].[Cl-]. The minimum atomic E-state index is 0. The second-order valence-electron chi connectivity index (χ2n) is 6.92. The fraction of sp³-hybridized carbons (Fsp3) is 0.667. The summed E-state index contributed by atoms with van der Waals surface area (Å²) < 4.78 is 0. The van der Waals surface area contributed by atoms with Gasteiger partial charge < -0.3 is 35.0 Å². The van der Waals surface area contributed by atoms with E-state index < -0.39 is 0 Å². The van der Waals surface area contributed by atoms with E-state index in [0.717, 1.165) is 21.2 Å². The highest BCUT2D eigenvalue weighted by atomic mass is 35.5. The molecule has 0 saturated carbocycles.